The third-order valence-electron chi connectivity index (χ3n) is 3.61. The number of β-lactam (4-membered cyclic amide) rings is 1. The average molecular weight is 406 g/mol. The van der Waals surface area contributed by atoms with Crippen LogP contribution in [0.4, 0.5) is 0 Å². The number of alkyl halides is 3. The van der Waals surface area contributed by atoms with Gasteiger partial charge in [-0.25, -0.2) is 0 Å². The number of aliphatic hydroxyl groups excluding tert-OH is 1. The molecule has 130 valence electrons. The number of thioether (sulfide) groups is 1. The minimum Gasteiger partial charge on any atom is -0.461 e. The summed E-state index contributed by atoms with van der Waals surface area (Å²) in [6.07, 6.45) is 0. The van der Waals surface area contributed by atoms with Crippen LogP contribution in [0.1, 0.15) is 6.92 Å². The zero-order valence-electron chi connectivity index (χ0n) is 12.1. The first-order chi connectivity index (χ1) is 10.6. The second-order valence-corrected chi connectivity index (χ2v) is 9.10. The van der Waals surface area contributed by atoms with Crippen LogP contribution in [0.25, 0.3) is 0 Å². The summed E-state index contributed by atoms with van der Waals surface area (Å²) in [7, 11) is 0. The molecule has 11 heteroatoms. The molecule has 0 radical (unpaired) electrons. The predicted molar refractivity (Wildman–Crippen MR) is 86.3 cm³/mol. The van der Waals surface area contributed by atoms with Crippen molar-refractivity contribution in [3.05, 3.63) is 0 Å². The SMILES string of the molecule is CC(=O)NC1C(=O)N2CC(CO)(C(=O)OCC(Cl)(Cl)Cl)CS[C@H]12. The number of halogens is 3. The van der Waals surface area contributed by atoms with E-state index >= 15 is 0 Å². The number of amides is 2. The van der Waals surface area contributed by atoms with Gasteiger partial charge in [0.1, 0.15) is 23.4 Å². The molecule has 2 rings (SSSR count). The van der Waals surface area contributed by atoms with E-state index in [-0.39, 0.29) is 29.5 Å². The Labute approximate surface area is 151 Å². The Kier molecular flexibility index (Phi) is 5.62. The first-order valence-corrected chi connectivity index (χ1v) is 8.82. The Morgan fingerprint density at radius 1 is 1.52 bits per heavy atom. The van der Waals surface area contributed by atoms with Gasteiger partial charge in [0.15, 0.2) is 0 Å². The second-order valence-electron chi connectivity index (χ2n) is 5.48. The molecule has 2 heterocycles. The van der Waals surface area contributed by atoms with E-state index in [4.69, 9.17) is 39.5 Å². The minimum atomic E-state index is -1.75. The summed E-state index contributed by atoms with van der Waals surface area (Å²) in [6, 6.07) is -0.605. The van der Waals surface area contributed by atoms with Crippen molar-refractivity contribution in [1.29, 1.82) is 0 Å². The van der Waals surface area contributed by atoms with Gasteiger partial charge in [0.05, 0.1) is 6.61 Å². The maximum atomic E-state index is 12.3. The average Bonchev–Trinajstić information content (AvgIpc) is 2.48. The van der Waals surface area contributed by atoms with E-state index in [9.17, 15) is 19.5 Å². The first kappa shape index (κ1) is 18.9. The molecular weight excluding hydrogens is 391 g/mol. The summed E-state index contributed by atoms with van der Waals surface area (Å²) in [5.74, 6) is -1.10. The van der Waals surface area contributed by atoms with Crippen LogP contribution in [-0.4, -0.2) is 68.5 Å². The monoisotopic (exact) mass is 404 g/mol. The predicted octanol–water partition coefficient (Wildman–Crippen LogP) is 0.298. The largest absolute Gasteiger partial charge is 0.461 e. The molecule has 0 aromatic heterocycles. The third kappa shape index (κ3) is 3.99. The summed E-state index contributed by atoms with van der Waals surface area (Å²) in [4.78, 5) is 36.9. The summed E-state index contributed by atoms with van der Waals surface area (Å²) in [6.45, 7) is 0.374. The summed E-state index contributed by atoms with van der Waals surface area (Å²) in [5, 5.41) is 12.0. The lowest BCUT2D eigenvalue weighted by atomic mass is 9.88. The molecule has 0 aliphatic carbocycles. The number of rotatable bonds is 4. The van der Waals surface area contributed by atoms with Gasteiger partial charge in [0, 0.05) is 19.2 Å². The fraction of sp³-hybridized carbons (Fsp3) is 0.750. The number of fused-ring (bicyclic) bond motifs is 1. The fourth-order valence-electron chi connectivity index (χ4n) is 2.43. The lowest BCUT2D eigenvalue weighted by Crippen LogP contribution is -2.74. The number of hydrogen-bond donors (Lipinski definition) is 2. The van der Waals surface area contributed by atoms with E-state index in [1.165, 1.54) is 23.6 Å². The van der Waals surface area contributed by atoms with Gasteiger partial charge in [-0.15, -0.1) is 11.8 Å². The number of nitrogens with one attached hydrogen (secondary N) is 1. The lowest BCUT2D eigenvalue weighted by Gasteiger charge is -2.53. The quantitative estimate of drug-likeness (QED) is 0.397. The van der Waals surface area contributed by atoms with E-state index < -0.39 is 34.4 Å². The summed E-state index contributed by atoms with van der Waals surface area (Å²) in [5.41, 5.74) is -1.27. The standard InChI is InChI=1S/C12H15Cl3N2O5S/c1-6(19)16-7-8(20)17-2-11(3-18,5-23-9(7)17)10(21)22-4-12(13,14)15/h7,9,18H,2-5H2,1H3,(H,16,19)/t7?,9-,11?/m1/s1. The summed E-state index contributed by atoms with van der Waals surface area (Å²) < 4.78 is 3.21. The van der Waals surface area contributed by atoms with Crippen molar-refractivity contribution < 1.29 is 24.2 Å². The highest BCUT2D eigenvalue weighted by Gasteiger charge is 2.57. The number of nitrogens with zero attached hydrogens (tertiary/aromatic N) is 1. The number of aliphatic hydroxyl groups is 1. The highest BCUT2D eigenvalue weighted by molar-refractivity contribution is 8.00. The van der Waals surface area contributed by atoms with Crippen molar-refractivity contribution in [2.75, 3.05) is 25.5 Å². The molecule has 0 aromatic rings. The first-order valence-electron chi connectivity index (χ1n) is 6.64. The molecule has 3 atom stereocenters. The molecule has 2 fully saturated rings. The molecule has 2 aliphatic rings. The number of ether oxygens (including phenoxy) is 1. The van der Waals surface area contributed by atoms with Crippen LogP contribution in [0, 0.1) is 5.41 Å². The van der Waals surface area contributed by atoms with Crippen LogP contribution in [-0.2, 0) is 19.1 Å². The molecule has 0 aromatic carbocycles. The van der Waals surface area contributed by atoms with E-state index in [1.807, 2.05) is 0 Å². The molecule has 2 N–H and O–H groups in total. The molecule has 2 saturated heterocycles. The Hall–Kier alpha value is -0.410. The summed E-state index contributed by atoms with van der Waals surface area (Å²) >= 11 is 17.9. The van der Waals surface area contributed by atoms with Crippen molar-refractivity contribution in [3.8, 4) is 0 Å². The van der Waals surface area contributed by atoms with Crippen LogP contribution in [0.3, 0.4) is 0 Å². The number of esters is 1. The zero-order chi connectivity index (χ0) is 17.4. The van der Waals surface area contributed by atoms with Crippen molar-refractivity contribution >= 4 is 64.3 Å². The Morgan fingerprint density at radius 2 is 2.17 bits per heavy atom. The molecule has 0 spiro atoms. The zero-order valence-corrected chi connectivity index (χ0v) is 15.1. The van der Waals surface area contributed by atoms with Gasteiger partial charge >= 0.3 is 5.97 Å². The molecular formula is C12H15Cl3N2O5S. The van der Waals surface area contributed by atoms with Gasteiger partial charge in [-0.2, -0.15) is 0 Å². The topological polar surface area (TPSA) is 95.9 Å². The van der Waals surface area contributed by atoms with Crippen molar-refractivity contribution in [1.82, 2.24) is 10.2 Å². The third-order valence-corrected chi connectivity index (χ3v) is 5.52. The van der Waals surface area contributed by atoms with Crippen LogP contribution < -0.4 is 5.32 Å². The number of hydrogen-bond acceptors (Lipinski definition) is 6. The van der Waals surface area contributed by atoms with Gasteiger partial charge in [-0.1, -0.05) is 34.8 Å². The molecule has 7 nitrogen and oxygen atoms in total. The van der Waals surface area contributed by atoms with Crippen LogP contribution >= 0.6 is 46.6 Å². The Morgan fingerprint density at radius 3 is 2.70 bits per heavy atom. The lowest BCUT2D eigenvalue weighted by molar-refractivity contribution is -0.165. The van der Waals surface area contributed by atoms with Gasteiger partial charge < -0.3 is 20.1 Å². The number of carbonyl (C=O) groups is 3. The Bertz CT molecular complexity index is 529. The highest BCUT2D eigenvalue weighted by atomic mass is 35.6. The van der Waals surface area contributed by atoms with Gasteiger partial charge in [-0.3, -0.25) is 14.4 Å². The second kappa shape index (κ2) is 6.84. The molecule has 23 heavy (non-hydrogen) atoms. The van der Waals surface area contributed by atoms with Gasteiger partial charge in [0.25, 0.3) is 0 Å². The van der Waals surface area contributed by atoms with E-state index in [2.05, 4.69) is 5.32 Å². The maximum Gasteiger partial charge on any atom is 0.317 e. The Balaban J connectivity index is 2.03. The van der Waals surface area contributed by atoms with E-state index in [0.717, 1.165) is 0 Å². The van der Waals surface area contributed by atoms with Crippen molar-refractivity contribution in [2.24, 2.45) is 5.41 Å². The van der Waals surface area contributed by atoms with Crippen molar-refractivity contribution in [2.45, 2.75) is 22.1 Å². The normalized spacial score (nSPS) is 30.3. The van der Waals surface area contributed by atoms with Crippen LogP contribution in [0.5, 0.6) is 0 Å². The van der Waals surface area contributed by atoms with Gasteiger partial charge in [0.2, 0.25) is 15.6 Å². The highest BCUT2D eigenvalue weighted by Crippen LogP contribution is 2.42. The molecule has 2 aliphatic heterocycles. The molecule has 0 saturated carbocycles. The minimum absolute atomic E-state index is 0.00518. The van der Waals surface area contributed by atoms with Crippen LogP contribution in [0.2, 0.25) is 0 Å². The molecule has 2 unspecified atom stereocenters. The van der Waals surface area contributed by atoms with E-state index in [1.54, 1.807) is 0 Å². The number of carbonyl (C=O) groups excluding carboxylic acids is 3. The van der Waals surface area contributed by atoms with Crippen LogP contribution in [0.15, 0.2) is 0 Å². The van der Waals surface area contributed by atoms with E-state index in [0.29, 0.717) is 0 Å². The fourth-order valence-corrected chi connectivity index (χ4v) is 4.12. The molecule has 2 amide bonds. The van der Waals surface area contributed by atoms with Gasteiger partial charge in [-0.05, 0) is 0 Å². The smallest absolute Gasteiger partial charge is 0.317 e. The van der Waals surface area contributed by atoms with Crippen molar-refractivity contribution in [3.63, 3.8) is 0 Å². The maximum absolute atomic E-state index is 12.3. The molecule has 0 bridgehead atoms.